The number of nitriles is 1. The lowest BCUT2D eigenvalue weighted by Crippen LogP contribution is -2.07. The summed E-state index contributed by atoms with van der Waals surface area (Å²) in [5.41, 5.74) is 7.61. The van der Waals surface area contributed by atoms with Crippen LogP contribution in [-0.4, -0.2) is 12.6 Å². The van der Waals surface area contributed by atoms with Crippen molar-refractivity contribution in [2.45, 2.75) is 26.2 Å². The molecular formula is C13H16N2O2. The van der Waals surface area contributed by atoms with Gasteiger partial charge in [-0.15, -0.1) is 0 Å². The number of nitrogens with two attached hydrogens (primary N) is 1. The molecule has 0 amide bonds. The number of rotatable bonds is 5. The number of benzene rings is 1. The van der Waals surface area contributed by atoms with Crippen LogP contribution in [0.4, 0.5) is 5.69 Å². The molecule has 0 saturated heterocycles. The Labute approximate surface area is 101 Å². The molecule has 0 radical (unpaired) electrons. The number of nitrogen functional groups attached to an aromatic ring is 1. The lowest BCUT2D eigenvalue weighted by Gasteiger charge is -2.05. The number of hydrogen-bond acceptors (Lipinski definition) is 4. The fourth-order valence-electron chi connectivity index (χ4n) is 1.48. The topological polar surface area (TPSA) is 76.1 Å². The van der Waals surface area contributed by atoms with Crippen molar-refractivity contribution < 1.29 is 9.53 Å². The Balaban J connectivity index is 2.44. The summed E-state index contributed by atoms with van der Waals surface area (Å²) in [6.07, 6.45) is 1.95. The number of ether oxygens (including phenoxy) is 1. The highest BCUT2D eigenvalue weighted by Gasteiger charge is 2.07. The van der Waals surface area contributed by atoms with Crippen LogP contribution in [0.2, 0.25) is 0 Å². The molecule has 0 fully saturated rings. The fourth-order valence-corrected chi connectivity index (χ4v) is 1.48. The number of esters is 1. The Bertz CT molecular complexity index is 415. The SMILES string of the molecule is Cc1cc(N)cc(C(=O)OCCCCC#N)c1. The van der Waals surface area contributed by atoms with Gasteiger partial charge in [0.05, 0.1) is 18.2 Å². The molecule has 0 spiro atoms. The first-order valence-corrected chi connectivity index (χ1v) is 5.54. The highest BCUT2D eigenvalue weighted by Crippen LogP contribution is 2.12. The summed E-state index contributed by atoms with van der Waals surface area (Å²) < 4.78 is 5.08. The minimum atomic E-state index is -0.364. The zero-order chi connectivity index (χ0) is 12.7. The van der Waals surface area contributed by atoms with E-state index >= 15 is 0 Å². The highest BCUT2D eigenvalue weighted by molar-refractivity contribution is 5.90. The van der Waals surface area contributed by atoms with Crippen molar-refractivity contribution in [1.82, 2.24) is 0 Å². The molecule has 0 bridgehead atoms. The molecular weight excluding hydrogens is 216 g/mol. The summed E-state index contributed by atoms with van der Waals surface area (Å²) in [5.74, 6) is -0.364. The van der Waals surface area contributed by atoms with E-state index in [2.05, 4.69) is 0 Å². The van der Waals surface area contributed by atoms with Crippen molar-refractivity contribution in [2.75, 3.05) is 12.3 Å². The number of carbonyl (C=O) groups is 1. The van der Waals surface area contributed by atoms with Crippen LogP contribution in [0.25, 0.3) is 0 Å². The molecule has 0 saturated carbocycles. The molecule has 0 atom stereocenters. The minimum Gasteiger partial charge on any atom is -0.462 e. The van der Waals surface area contributed by atoms with E-state index in [9.17, 15) is 4.79 Å². The molecule has 0 aliphatic heterocycles. The maximum absolute atomic E-state index is 11.6. The Kier molecular flexibility index (Phi) is 5.02. The van der Waals surface area contributed by atoms with Gasteiger partial charge in [-0.3, -0.25) is 0 Å². The molecule has 1 aromatic carbocycles. The first-order chi connectivity index (χ1) is 8.13. The summed E-state index contributed by atoms with van der Waals surface area (Å²) in [6.45, 7) is 2.22. The average Bonchev–Trinajstić information content (AvgIpc) is 2.27. The number of carbonyl (C=O) groups excluding carboxylic acids is 1. The van der Waals surface area contributed by atoms with Crippen molar-refractivity contribution in [1.29, 1.82) is 5.26 Å². The van der Waals surface area contributed by atoms with Crippen molar-refractivity contribution in [3.05, 3.63) is 29.3 Å². The Morgan fingerprint density at radius 1 is 1.41 bits per heavy atom. The van der Waals surface area contributed by atoms with E-state index in [4.69, 9.17) is 15.7 Å². The van der Waals surface area contributed by atoms with Crippen LogP contribution in [0, 0.1) is 18.3 Å². The summed E-state index contributed by atoms with van der Waals surface area (Å²) in [5, 5.41) is 8.34. The third kappa shape index (κ3) is 4.56. The number of aryl methyl sites for hydroxylation is 1. The lowest BCUT2D eigenvalue weighted by atomic mass is 10.1. The third-order valence-corrected chi connectivity index (χ3v) is 2.25. The average molecular weight is 232 g/mol. The van der Waals surface area contributed by atoms with Gasteiger partial charge in [-0.2, -0.15) is 5.26 Å². The maximum Gasteiger partial charge on any atom is 0.338 e. The molecule has 17 heavy (non-hydrogen) atoms. The molecule has 0 aromatic heterocycles. The highest BCUT2D eigenvalue weighted by atomic mass is 16.5. The van der Waals surface area contributed by atoms with Gasteiger partial charge in [-0.25, -0.2) is 4.79 Å². The quantitative estimate of drug-likeness (QED) is 0.480. The Morgan fingerprint density at radius 3 is 2.82 bits per heavy atom. The second kappa shape index (κ2) is 6.54. The van der Waals surface area contributed by atoms with Gasteiger partial charge in [-0.05, 0) is 43.5 Å². The zero-order valence-electron chi connectivity index (χ0n) is 9.90. The van der Waals surface area contributed by atoms with Crippen LogP contribution in [0.1, 0.15) is 35.2 Å². The lowest BCUT2D eigenvalue weighted by molar-refractivity contribution is 0.0498. The first-order valence-electron chi connectivity index (χ1n) is 5.54. The van der Waals surface area contributed by atoms with Crippen LogP contribution in [0.3, 0.4) is 0 Å². The monoisotopic (exact) mass is 232 g/mol. The van der Waals surface area contributed by atoms with Gasteiger partial charge in [0, 0.05) is 12.1 Å². The smallest absolute Gasteiger partial charge is 0.338 e. The minimum absolute atomic E-state index is 0.342. The van der Waals surface area contributed by atoms with E-state index in [1.54, 1.807) is 18.2 Å². The molecule has 0 aliphatic rings. The van der Waals surface area contributed by atoms with Crippen molar-refractivity contribution in [3.8, 4) is 6.07 Å². The van der Waals surface area contributed by atoms with Crippen LogP contribution < -0.4 is 5.73 Å². The van der Waals surface area contributed by atoms with E-state index in [-0.39, 0.29) is 5.97 Å². The second-order valence-electron chi connectivity index (χ2n) is 3.88. The van der Waals surface area contributed by atoms with Crippen LogP contribution >= 0.6 is 0 Å². The van der Waals surface area contributed by atoms with Gasteiger partial charge < -0.3 is 10.5 Å². The Hall–Kier alpha value is -2.02. The number of hydrogen-bond donors (Lipinski definition) is 1. The van der Waals surface area contributed by atoms with Gasteiger partial charge in [0.25, 0.3) is 0 Å². The molecule has 0 heterocycles. The Morgan fingerprint density at radius 2 is 2.18 bits per heavy atom. The van der Waals surface area contributed by atoms with Crippen molar-refractivity contribution in [3.63, 3.8) is 0 Å². The molecule has 90 valence electrons. The van der Waals surface area contributed by atoms with Gasteiger partial charge in [0.2, 0.25) is 0 Å². The predicted octanol–water partition coefficient (Wildman–Crippen LogP) is 2.43. The van der Waals surface area contributed by atoms with E-state index in [1.165, 1.54) is 0 Å². The van der Waals surface area contributed by atoms with Crippen LogP contribution in [0.5, 0.6) is 0 Å². The normalized spacial score (nSPS) is 9.65. The van der Waals surface area contributed by atoms with Gasteiger partial charge in [-0.1, -0.05) is 0 Å². The standard InChI is InChI=1S/C13H16N2O2/c1-10-7-11(9-12(15)8-10)13(16)17-6-4-2-3-5-14/h7-9H,2-4,6,15H2,1H3. The van der Waals surface area contributed by atoms with E-state index in [1.807, 2.05) is 13.0 Å². The van der Waals surface area contributed by atoms with Gasteiger partial charge in [0.1, 0.15) is 0 Å². The van der Waals surface area contributed by atoms with Crippen LogP contribution in [-0.2, 0) is 4.74 Å². The fraction of sp³-hybridized carbons (Fsp3) is 0.385. The van der Waals surface area contributed by atoms with Crippen molar-refractivity contribution >= 4 is 11.7 Å². The number of unbranched alkanes of at least 4 members (excludes halogenated alkanes) is 2. The van der Waals surface area contributed by atoms with E-state index in [0.717, 1.165) is 12.0 Å². The van der Waals surface area contributed by atoms with E-state index < -0.39 is 0 Å². The second-order valence-corrected chi connectivity index (χ2v) is 3.88. The molecule has 0 aliphatic carbocycles. The van der Waals surface area contributed by atoms with Crippen molar-refractivity contribution in [2.24, 2.45) is 0 Å². The van der Waals surface area contributed by atoms with Crippen LogP contribution in [0.15, 0.2) is 18.2 Å². The molecule has 1 rings (SSSR count). The zero-order valence-corrected chi connectivity index (χ0v) is 9.90. The number of anilines is 1. The molecule has 2 N–H and O–H groups in total. The third-order valence-electron chi connectivity index (χ3n) is 2.25. The molecule has 4 nitrogen and oxygen atoms in total. The summed E-state index contributed by atoms with van der Waals surface area (Å²) in [7, 11) is 0. The molecule has 1 aromatic rings. The predicted molar refractivity (Wildman–Crippen MR) is 65.3 cm³/mol. The molecule has 0 unspecified atom stereocenters. The number of nitrogens with zero attached hydrogens (tertiary/aromatic N) is 1. The van der Waals surface area contributed by atoms with Gasteiger partial charge in [0.15, 0.2) is 0 Å². The summed E-state index contributed by atoms with van der Waals surface area (Å²) >= 11 is 0. The maximum atomic E-state index is 11.6. The van der Waals surface area contributed by atoms with E-state index in [0.29, 0.717) is 30.7 Å². The summed E-state index contributed by atoms with van der Waals surface area (Å²) in [6, 6.07) is 7.19. The first kappa shape index (κ1) is 13.0. The van der Waals surface area contributed by atoms with Gasteiger partial charge >= 0.3 is 5.97 Å². The molecule has 4 heteroatoms. The summed E-state index contributed by atoms with van der Waals surface area (Å²) in [4.78, 5) is 11.6. The largest absolute Gasteiger partial charge is 0.462 e.